The fourth-order valence-electron chi connectivity index (χ4n) is 12.5. The number of unbranched alkanes of at least 4 members (excludes halogenated alkanes) is 62. The molecule has 3 N–H and O–H groups in total. The molecule has 0 aromatic carbocycles. The van der Waals surface area contributed by atoms with Crippen molar-refractivity contribution in [1.82, 2.24) is 5.32 Å². The van der Waals surface area contributed by atoms with Gasteiger partial charge in [0.1, 0.15) is 0 Å². The smallest absolute Gasteiger partial charge is 0.305 e. The van der Waals surface area contributed by atoms with E-state index >= 15 is 0 Å². The molecule has 0 rings (SSSR count). The van der Waals surface area contributed by atoms with Crippen LogP contribution in [0.25, 0.3) is 0 Å². The van der Waals surface area contributed by atoms with E-state index in [1.54, 1.807) is 6.08 Å². The van der Waals surface area contributed by atoms with Crippen LogP contribution in [0.2, 0.25) is 0 Å². The number of ether oxygens (including phenoxy) is 1. The van der Waals surface area contributed by atoms with Gasteiger partial charge in [0.15, 0.2) is 0 Å². The van der Waals surface area contributed by atoms with Crippen LogP contribution in [0.3, 0.4) is 0 Å². The van der Waals surface area contributed by atoms with Gasteiger partial charge in [0.2, 0.25) is 5.91 Å². The van der Waals surface area contributed by atoms with Crippen LogP contribution < -0.4 is 5.32 Å². The van der Waals surface area contributed by atoms with Crippen molar-refractivity contribution in [2.75, 3.05) is 13.2 Å². The van der Waals surface area contributed by atoms with Crippen LogP contribution in [0.1, 0.15) is 444 Å². The van der Waals surface area contributed by atoms with Crippen LogP contribution in [0.4, 0.5) is 0 Å². The van der Waals surface area contributed by atoms with Gasteiger partial charge < -0.3 is 20.3 Å². The number of allylic oxidation sites excluding steroid dienone is 1. The SMILES string of the molecule is CCCCCCCCCCCCCCC/C=C/C(O)C(CO)NC(=O)CCCCCCCCCCCCCCCCCCCCCCCCCCCCCCCCCCCCCCCCCOC(=O)CCCCCCCCCCCCCC. The molecule has 0 aromatic heterocycles. The number of rotatable bonds is 73. The second-order valence-corrected chi connectivity index (χ2v) is 26.7. The minimum atomic E-state index is -0.839. The van der Waals surface area contributed by atoms with Gasteiger partial charge in [-0.15, -0.1) is 0 Å². The molecule has 0 fully saturated rings. The molecule has 83 heavy (non-hydrogen) atoms. The second kappa shape index (κ2) is 73.1. The average Bonchev–Trinajstić information content (AvgIpc) is 3.49. The van der Waals surface area contributed by atoms with Crippen molar-refractivity contribution in [3.8, 4) is 0 Å². The van der Waals surface area contributed by atoms with Crippen molar-refractivity contribution in [1.29, 1.82) is 0 Å². The molecule has 0 bridgehead atoms. The summed E-state index contributed by atoms with van der Waals surface area (Å²) in [6.07, 6.45) is 92.0. The summed E-state index contributed by atoms with van der Waals surface area (Å²) in [7, 11) is 0. The number of carbonyl (C=O) groups is 2. The first-order valence-electron chi connectivity index (χ1n) is 38.5. The van der Waals surface area contributed by atoms with Crippen LogP contribution in [-0.2, 0) is 14.3 Å². The molecular formula is C77H151NO5. The Kier molecular flexibility index (Phi) is 71.8. The van der Waals surface area contributed by atoms with Crippen molar-refractivity contribution in [3.63, 3.8) is 0 Å². The van der Waals surface area contributed by atoms with E-state index in [1.165, 1.54) is 379 Å². The average molecular weight is 1170 g/mol. The molecule has 2 unspecified atom stereocenters. The molecule has 494 valence electrons. The van der Waals surface area contributed by atoms with Gasteiger partial charge in [-0.05, 0) is 32.1 Å². The predicted molar refractivity (Wildman–Crippen MR) is 366 cm³/mol. The van der Waals surface area contributed by atoms with Crippen molar-refractivity contribution in [3.05, 3.63) is 12.2 Å². The van der Waals surface area contributed by atoms with Gasteiger partial charge in [-0.2, -0.15) is 0 Å². The summed E-state index contributed by atoms with van der Waals surface area (Å²) in [5.74, 6) is -0.0331. The highest BCUT2D eigenvalue weighted by molar-refractivity contribution is 5.76. The van der Waals surface area contributed by atoms with Gasteiger partial charge in [-0.3, -0.25) is 9.59 Å². The van der Waals surface area contributed by atoms with Crippen LogP contribution in [0, 0.1) is 0 Å². The molecule has 0 radical (unpaired) electrons. The normalized spacial score (nSPS) is 12.5. The molecule has 6 nitrogen and oxygen atoms in total. The number of carbonyl (C=O) groups excluding carboxylic acids is 2. The zero-order chi connectivity index (χ0) is 59.9. The molecule has 2 atom stereocenters. The molecular weight excluding hydrogens is 1020 g/mol. The van der Waals surface area contributed by atoms with E-state index in [9.17, 15) is 19.8 Å². The summed E-state index contributed by atoms with van der Waals surface area (Å²) in [6.45, 7) is 4.95. The number of aliphatic hydroxyl groups is 2. The van der Waals surface area contributed by atoms with Gasteiger partial charge in [-0.1, -0.05) is 411 Å². The maximum absolute atomic E-state index is 12.5. The number of nitrogens with one attached hydrogen (secondary N) is 1. The van der Waals surface area contributed by atoms with E-state index in [2.05, 4.69) is 19.2 Å². The highest BCUT2D eigenvalue weighted by Crippen LogP contribution is 2.20. The minimum absolute atomic E-state index is 0.0255. The largest absolute Gasteiger partial charge is 0.466 e. The predicted octanol–water partition coefficient (Wildman–Crippen LogP) is 25.1. The van der Waals surface area contributed by atoms with Crippen molar-refractivity contribution in [2.24, 2.45) is 0 Å². The van der Waals surface area contributed by atoms with E-state index in [-0.39, 0.29) is 18.5 Å². The Labute approximate surface area is 520 Å². The zero-order valence-corrected chi connectivity index (χ0v) is 56.7. The van der Waals surface area contributed by atoms with Crippen molar-refractivity contribution >= 4 is 11.9 Å². The molecule has 0 spiro atoms. The first-order chi connectivity index (χ1) is 41.0. The lowest BCUT2D eigenvalue weighted by molar-refractivity contribution is -0.143. The maximum Gasteiger partial charge on any atom is 0.305 e. The summed E-state index contributed by atoms with van der Waals surface area (Å²) in [5, 5.41) is 23.2. The van der Waals surface area contributed by atoms with E-state index in [1.807, 2.05) is 6.08 Å². The van der Waals surface area contributed by atoms with Gasteiger partial charge >= 0.3 is 5.97 Å². The third-order valence-corrected chi connectivity index (χ3v) is 18.3. The third kappa shape index (κ3) is 69.6. The Morgan fingerprint density at radius 3 is 0.819 bits per heavy atom. The highest BCUT2D eigenvalue weighted by Gasteiger charge is 2.18. The van der Waals surface area contributed by atoms with Gasteiger partial charge in [0.25, 0.3) is 0 Å². The lowest BCUT2D eigenvalue weighted by atomic mass is 10.0. The number of amides is 1. The Morgan fingerprint density at radius 1 is 0.325 bits per heavy atom. The summed E-state index contributed by atoms with van der Waals surface area (Å²) in [4.78, 5) is 24.5. The lowest BCUT2D eigenvalue weighted by Gasteiger charge is -2.20. The van der Waals surface area contributed by atoms with Crippen LogP contribution in [0.5, 0.6) is 0 Å². The zero-order valence-electron chi connectivity index (χ0n) is 56.7. The monoisotopic (exact) mass is 1170 g/mol. The second-order valence-electron chi connectivity index (χ2n) is 26.7. The number of aliphatic hydroxyl groups excluding tert-OH is 2. The summed E-state index contributed by atoms with van der Waals surface area (Å²) >= 11 is 0. The Morgan fingerprint density at radius 2 is 0.554 bits per heavy atom. The Bertz CT molecular complexity index is 1260. The highest BCUT2D eigenvalue weighted by atomic mass is 16.5. The van der Waals surface area contributed by atoms with Gasteiger partial charge in [0, 0.05) is 12.8 Å². The van der Waals surface area contributed by atoms with E-state index < -0.39 is 12.1 Å². The summed E-state index contributed by atoms with van der Waals surface area (Å²) in [6, 6.07) is -0.622. The fraction of sp³-hybridized carbons (Fsp3) is 0.948. The van der Waals surface area contributed by atoms with E-state index in [0.29, 0.717) is 19.4 Å². The molecule has 1 amide bonds. The topological polar surface area (TPSA) is 95.9 Å². The molecule has 0 saturated heterocycles. The van der Waals surface area contributed by atoms with E-state index in [0.717, 1.165) is 38.5 Å². The molecule has 0 aromatic rings. The Balaban J connectivity index is 3.29. The molecule has 0 aliphatic carbocycles. The molecule has 0 saturated carbocycles. The van der Waals surface area contributed by atoms with Crippen molar-refractivity contribution < 1.29 is 24.5 Å². The lowest BCUT2D eigenvalue weighted by Crippen LogP contribution is -2.45. The number of esters is 1. The molecule has 0 aliphatic heterocycles. The van der Waals surface area contributed by atoms with Gasteiger partial charge in [0.05, 0.1) is 25.4 Å². The summed E-state index contributed by atoms with van der Waals surface area (Å²) < 4.78 is 5.49. The van der Waals surface area contributed by atoms with Crippen molar-refractivity contribution in [2.45, 2.75) is 456 Å². The Hall–Kier alpha value is -1.40. The quantitative estimate of drug-likeness (QED) is 0.0320. The number of hydrogen-bond acceptors (Lipinski definition) is 5. The maximum atomic E-state index is 12.5. The van der Waals surface area contributed by atoms with Crippen LogP contribution >= 0.6 is 0 Å². The van der Waals surface area contributed by atoms with Crippen LogP contribution in [0.15, 0.2) is 12.2 Å². The number of hydrogen-bond donors (Lipinski definition) is 3. The first kappa shape index (κ1) is 81.6. The molecule has 6 heteroatoms. The van der Waals surface area contributed by atoms with E-state index in [4.69, 9.17) is 4.74 Å². The first-order valence-corrected chi connectivity index (χ1v) is 38.5. The standard InChI is InChI=1S/C77H151NO5/c1-3-5-7-9-11-13-15-17-43-46-49-53-57-61-65-69-75(80)74(73-79)78-76(81)70-66-62-58-54-50-47-44-41-39-37-35-33-31-29-27-25-23-21-19-18-20-22-24-26-28-30-32-34-36-38-40-42-45-48-52-56-60-64-68-72-83-77(82)71-67-63-59-55-51-16-14-12-10-8-6-4-2/h65,69,74-75,79-80H,3-64,66-68,70-73H2,1-2H3,(H,78,81)/b69-65+. The summed E-state index contributed by atoms with van der Waals surface area (Å²) in [5.41, 5.74) is 0. The fourth-order valence-corrected chi connectivity index (χ4v) is 12.5. The molecule has 0 heterocycles. The minimum Gasteiger partial charge on any atom is -0.466 e. The molecule has 0 aliphatic rings. The van der Waals surface area contributed by atoms with Gasteiger partial charge in [-0.25, -0.2) is 0 Å². The third-order valence-electron chi connectivity index (χ3n) is 18.3. The van der Waals surface area contributed by atoms with Crippen LogP contribution in [-0.4, -0.2) is 47.4 Å².